The summed E-state index contributed by atoms with van der Waals surface area (Å²) in [5.74, 6) is 2.83. The lowest BCUT2D eigenvalue weighted by atomic mass is 9.48. The summed E-state index contributed by atoms with van der Waals surface area (Å²) >= 11 is 0. The van der Waals surface area contributed by atoms with Gasteiger partial charge >= 0.3 is 5.97 Å². The molecule has 136 valence electrons. The molecule has 4 saturated carbocycles. The zero-order chi connectivity index (χ0) is 17.4. The van der Waals surface area contributed by atoms with Gasteiger partial charge in [0.05, 0.1) is 12.7 Å². The molecule has 0 aliphatic heterocycles. The Balaban J connectivity index is 1.31. The number of ether oxygens (including phenoxy) is 1. The van der Waals surface area contributed by atoms with Gasteiger partial charge in [0.25, 0.3) is 0 Å². The van der Waals surface area contributed by atoms with Crippen molar-refractivity contribution in [2.45, 2.75) is 64.5 Å². The van der Waals surface area contributed by atoms with E-state index in [9.17, 15) is 4.79 Å². The van der Waals surface area contributed by atoms with Crippen LogP contribution in [0.3, 0.4) is 0 Å². The molecule has 25 heavy (non-hydrogen) atoms. The molecule has 4 aliphatic carbocycles. The van der Waals surface area contributed by atoms with Crippen LogP contribution in [0.2, 0.25) is 0 Å². The van der Waals surface area contributed by atoms with Gasteiger partial charge in [-0.3, -0.25) is 0 Å². The summed E-state index contributed by atoms with van der Waals surface area (Å²) < 4.78 is 4.75. The third-order valence-corrected chi connectivity index (χ3v) is 6.93. The summed E-state index contributed by atoms with van der Waals surface area (Å²) in [4.78, 5) is 11.5. The number of esters is 1. The smallest absolute Gasteiger partial charge is 0.337 e. The second-order valence-corrected chi connectivity index (χ2v) is 9.09. The van der Waals surface area contributed by atoms with E-state index in [1.807, 2.05) is 24.3 Å². The number of carbonyl (C=O) groups excluding carboxylic acids is 1. The van der Waals surface area contributed by atoms with Crippen molar-refractivity contribution in [3.63, 3.8) is 0 Å². The fourth-order valence-electron chi connectivity index (χ4n) is 6.43. The predicted octanol–water partition coefficient (Wildman–Crippen LogP) is 4.56. The largest absolute Gasteiger partial charge is 0.465 e. The normalized spacial score (nSPS) is 34.1. The van der Waals surface area contributed by atoms with E-state index in [0.29, 0.717) is 17.0 Å². The van der Waals surface area contributed by atoms with E-state index >= 15 is 0 Å². The minimum absolute atomic E-state index is 0.269. The maximum absolute atomic E-state index is 11.5. The molecule has 0 heterocycles. The van der Waals surface area contributed by atoms with Crippen LogP contribution in [0.5, 0.6) is 0 Å². The van der Waals surface area contributed by atoms with E-state index in [1.165, 1.54) is 57.6 Å². The molecular formula is C22H31NO2. The molecule has 3 heteroatoms. The third-order valence-electron chi connectivity index (χ3n) is 6.93. The summed E-state index contributed by atoms with van der Waals surface area (Å²) in [5, 5.41) is 3.72. The number of benzene rings is 1. The van der Waals surface area contributed by atoms with Gasteiger partial charge in [-0.15, -0.1) is 0 Å². The quantitative estimate of drug-likeness (QED) is 0.771. The molecule has 0 radical (unpaired) electrons. The number of rotatable bonds is 6. The van der Waals surface area contributed by atoms with E-state index in [0.717, 1.165) is 24.3 Å². The Hall–Kier alpha value is -1.35. The van der Waals surface area contributed by atoms with Crippen molar-refractivity contribution in [1.82, 2.24) is 5.32 Å². The monoisotopic (exact) mass is 341 g/mol. The molecule has 1 aromatic rings. The van der Waals surface area contributed by atoms with E-state index in [-0.39, 0.29) is 5.97 Å². The summed E-state index contributed by atoms with van der Waals surface area (Å²) in [5.41, 5.74) is 2.48. The van der Waals surface area contributed by atoms with Crippen LogP contribution in [-0.4, -0.2) is 19.1 Å². The van der Waals surface area contributed by atoms with Gasteiger partial charge in [0, 0.05) is 12.6 Å². The maximum Gasteiger partial charge on any atom is 0.337 e. The zero-order valence-corrected chi connectivity index (χ0v) is 15.6. The van der Waals surface area contributed by atoms with Gasteiger partial charge in [-0.25, -0.2) is 4.79 Å². The lowest BCUT2D eigenvalue weighted by molar-refractivity contribution is -0.0612. The van der Waals surface area contributed by atoms with Crippen molar-refractivity contribution in [1.29, 1.82) is 0 Å². The maximum atomic E-state index is 11.5. The Labute approximate surface area is 151 Å². The topological polar surface area (TPSA) is 38.3 Å². The van der Waals surface area contributed by atoms with Gasteiger partial charge in [-0.05, 0) is 92.7 Å². The molecule has 1 N–H and O–H groups in total. The van der Waals surface area contributed by atoms with Gasteiger partial charge in [0.2, 0.25) is 0 Å². The number of hydrogen-bond donors (Lipinski definition) is 1. The van der Waals surface area contributed by atoms with Crippen LogP contribution in [0.1, 0.15) is 67.8 Å². The van der Waals surface area contributed by atoms with Crippen LogP contribution < -0.4 is 5.32 Å². The fraction of sp³-hybridized carbons (Fsp3) is 0.682. The Morgan fingerprint density at radius 2 is 1.68 bits per heavy atom. The first-order valence-corrected chi connectivity index (χ1v) is 9.96. The molecule has 0 spiro atoms. The van der Waals surface area contributed by atoms with Crippen LogP contribution >= 0.6 is 0 Å². The van der Waals surface area contributed by atoms with Crippen molar-refractivity contribution in [2.75, 3.05) is 7.11 Å². The molecule has 5 rings (SSSR count). The average molecular weight is 341 g/mol. The lowest BCUT2D eigenvalue weighted by Gasteiger charge is -2.57. The standard InChI is InChI=1S/C22H31NO2/c1-15(23-14-16-3-5-20(6-4-16)21(24)25-2)10-22-11-17-7-18(12-22)9-19(8-17)13-22/h3-6,15,17-19,23H,7-14H2,1-2H3. The second kappa shape index (κ2) is 6.75. The van der Waals surface area contributed by atoms with Crippen molar-refractivity contribution in [2.24, 2.45) is 23.2 Å². The molecule has 1 atom stereocenters. The summed E-state index contributed by atoms with van der Waals surface area (Å²) in [6.07, 6.45) is 10.3. The van der Waals surface area contributed by atoms with E-state index in [2.05, 4.69) is 12.2 Å². The highest BCUT2D eigenvalue weighted by Gasteiger charge is 2.50. The third kappa shape index (κ3) is 3.62. The summed E-state index contributed by atoms with van der Waals surface area (Å²) in [7, 11) is 1.42. The Bertz CT molecular complexity index is 586. The molecule has 1 unspecified atom stereocenters. The summed E-state index contributed by atoms with van der Waals surface area (Å²) in [6.45, 7) is 3.22. The molecule has 4 bridgehead atoms. The number of methoxy groups -OCH3 is 1. The minimum Gasteiger partial charge on any atom is -0.465 e. The molecule has 0 saturated heterocycles. The number of nitrogens with one attached hydrogen (secondary N) is 1. The Kier molecular flexibility index (Phi) is 4.61. The molecule has 4 aliphatic rings. The first-order chi connectivity index (χ1) is 12.0. The molecule has 3 nitrogen and oxygen atoms in total. The second-order valence-electron chi connectivity index (χ2n) is 9.09. The first-order valence-electron chi connectivity index (χ1n) is 9.96. The van der Waals surface area contributed by atoms with Crippen LogP contribution in [0.4, 0.5) is 0 Å². The fourth-order valence-corrected chi connectivity index (χ4v) is 6.43. The molecule has 4 fully saturated rings. The SMILES string of the molecule is COC(=O)c1ccc(CNC(C)CC23CC4CC(CC(C4)C2)C3)cc1. The van der Waals surface area contributed by atoms with E-state index in [1.54, 1.807) is 0 Å². The van der Waals surface area contributed by atoms with Crippen molar-refractivity contribution < 1.29 is 9.53 Å². The number of hydrogen-bond acceptors (Lipinski definition) is 3. The van der Waals surface area contributed by atoms with Gasteiger partial charge in [-0.1, -0.05) is 12.1 Å². The summed E-state index contributed by atoms with van der Waals surface area (Å²) in [6, 6.07) is 8.31. The Morgan fingerprint density at radius 1 is 1.12 bits per heavy atom. The van der Waals surface area contributed by atoms with Crippen LogP contribution in [-0.2, 0) is 11.3 Å². The molecular weight excluding hydrogens is 310 g/mol. The van der Waals surface area contributed by atoms with E-state index in [4.69, 9.17) is 4.74 Å². The van der Waals surface area contributed by atoms with Crippen LogP contribution in [0.15, 0.2) is 24.3 Å². The predicted molar refractivity (Wildman–Crippen MR) is 99.3 cm³/mol. The van der Waals surface area contributed by atoms with Gasteiger partial charge in [0.1, 0.15) is 0 Å². The van der Waals surface area contributed by atoms with Crippen LogP contribution in [0.25, 0.3) is 0 Å². The van der Waals surface area contributed by atoms with Gasteiger partial charge in [-0.2, -0.15) is 0 Å². The van der Waals surface area contributed by atoms with Crippen LogP contribution in [0, 0.1) is 23.2 Å². The molecule has 0 aromatic heterocycles. The van der Waals surface area contributed by atoms with Crippen molar-refractivity contribution in [3.05, 3.63) is 35.4 Å². The van der Waals surface area contributed by atoms with Crippen molar-refractivity contribution in [3.8, 4) is 0 Å². The first kappa shape index (κ1) is 17.1. The number of carbonyl (C=O) groups is 1. The minimum atomic E-state index is -0.269. The van der Waals surface area contributed by atoms with Gasteiger partial charge in [0.15, 0.2) is 0 Å². The Morgan fingerprint density at radius 3 is 2.20 bits per heavy atom. The van der Waals surface area contributed by atoms with Crippen molar-refractivity contribution >= 4 is 5.97 Å². The average Bonchev–Trinajstić information content (AvgIpc) is 2.58. The highest BCUT2D eigenvalue weighted by atomic mass is 16.5. The molecule has 1 aromatic carbocycles. The van der Waals surface area contributed by atoms with E-state index < -0.39 is 0 Å². The van der Waals surface area contributed by atoms with Gasteiger partial charge < -0.3 is 10.1 Å². The zero-order valence-electron chi connectivity index (χ0n) is 15.6. The highest BCUT2D eigenvalue weighted by molar-refractivity contribution is 5.89. The molecule has 0 amide bonds. The highest BCUT2D eigenvalue weighted by Crippen LogP contribution is 2.61. The lowest BCUT2D eigenvalue weighted by Crippen LogP contribution is -2.48.